The number of benzene rings is 1. The Morgan fingerprint density at radius 2 is 1.96 bits per heavy atom. The van der Waals surface area contributed by atoms with Gasteiger partial charge < -0.3 is 9.29 Å². The molecule has 24 heavy (non-hydrogen) atoms. The molecule has 1 aromatic carbocycles. The summed E-state index contributed by atoms with van der Waals surface area (Å²) in [7, 11) is 1.80. The molecule has 1 spiro atoms. The molecule has 132 valence electrons. The molecule has 3 nitrogen and oxygen atoms in total. The van der Waals surface area contributed by atoms with E-state index in [0.717, 1.165) is 42.3 Å². The number of hydrogen-bond donors (Lipinski definition) is 0. The molecule has 0 radical (unpaired) electrons. The van der Waals surface area contributed by atoms with Crippen LogP contribution in [0.3, 0.4) is 0 Å². The Labute approximate surface area is 156 Å². The van der Waals surface area contributed by atoms with Crippen LogP contribution in [0.25, 0.3) is 0 Å². The van der Waals surface area contributed by atoms with Gasteiger partial charge in [-0.1, -0.05) is 26.4 Å². The van der Waals surface area contributed by atoms with Gasteiger partial charge in [0.2, 0.25) is 0 Å². The lowest BCUT2D eigenvalue weighted by atomic mass is 9.70. The van der Waals surface area contributed by atoms with Crippen LogP contribution in [0.4, 0.5) is 0 Å². The summed E-state index contributed by atoms with van der Waals surface area (Å²) in [6, 6.07) is 6.42. The minimum atomic E-state index is -1.24. The zero-order valence-electron chi connectivity index (χ0n) is 14.9. The largest absolute Gasteiger partial charge is 0.591 e. The number of hydrogen-bond acceptors (Lipinski definition) is 3. The van der Waals surface area contributed by atoms with Gasteiger partial charge in [0, 0.05) is 22.6 Å². The Kier molecular flexibility index (Phi) is 5.18. The van der Waals surface area contributed by atoms with Gasteiger partial charge in [0.1, 0.15) is 21.8 Å². The number of ether oxygens (including phenoxy) is 1. The summed E-state index contributed by atoms with van der Waals surface area (Å²) in [6.07, 6.45) is 5.56. The second kappa shape index (κ2) is 6.75. The van der Waals surface area contributed by atoms with E-state index in [1.807, 2.05) is 20.8 Å². The first-order valence-corrected chi connectivity index (χ1v) is 10.5. The van der Waals surface area contributed by atoms with Crippen LogP contribution in [-0.2, 0) is 22.5 Å². The molecule has 1 atom stereocenters. The number of halogens is 1. The van der Waals surface area contributed by atoms with E-state index >= 15 is 0 Å². The van der Waals surface area contributed by atoms with E-state index in [4.69, 9.17) is 9.13 Å². The number of fused-ring (bicyclic) bond motifs is 1. The van der Waals surface area contributed by atoms with Gasteiger partial charge in [-0.3, -0.25) is 0 Å². The van der Waals surface area contributed by atoms with Gasteiger partial charge >= 0.3 is 0 Å². The Balaban J connectivity index is 2.02. The van der Waals surface area contributed by atoms with Crippen LogP contribution in [0.1, 0.15) is 57.6 Å². The number of rotatable bonds is 2. The molecule has 1 aromatic rings. The van der Waals surface area contributed by atoms with E-state index in [2.05, 4.69) is 34.1 Å². The normalized spacial score (nSPS) is 29.9. The maximum Gasteiger partial charge on any atom is 0.144 e. The summed E-state index contributed by atoms with van der Waals surface area (Å²) < 4.78 is 23.8. The maximum atomic E-state index is 12.7. The van der Waals surface area contributed by atoms with Crippen molar-refractivity contribution in [3.63, 3.8) is 0 Å². The van der Waals surface area contributed by atoms with Crippen molar-refractivity contribution in [2.24, 2.45) is 9.81 Å². The first kappa shape index (κ1) is 18.4. The van der Waals surface area contributed by atoms with Crippen molar-refractivity contribution in [3.8, 4) is 0 Å². The predicted molar refractivity (Wildman–Crippen MR) is 104 cm³/mol. The van der Waals surface area contributed by atoms with E-state index in [0.29, 0.717) is 6.10 Å². The molecule has 1 fully saturated rings. The second-order valence-electron chi connectivity index (χ2n) is 8.00. The van der Waals surface area contributed by atoms with Crippen molar-refractivity contribution in [2.75, 3.05) is 7.11 Å². The smallest absolute Gasteiger partial charge is 0.144 e. The summed E-state index contributed by atoms with van der Waals surface area (Å²) >= 11 is 2.34. The van der Waals surface area contributed by atoms with Gasteiger partial charge in [-0.25, -0.2) is 0 Å². The molecule has 2 aliphatic carbocycles. The molecular weight excluding hydrogens is 386 g/mol. The number of nitrogens with zero attached hydrogens (tertiary/aromatic N) is 1. The van der Waals surface area contributed by atoms with Crippen molar-refractivity contribution in [3.05, 3.63) is 33.8 Å². The quantitative estimate of drug-likeness (QED) is 0.653. The molecular formula is C19H26BrNO2S. The molecule has 0 heterocycles. The summed E-state index contributed by atoms with van der Waals surface area (Å²) in [5.74, 6) is 0. The highest BCUT2D eigenvalue weighted by Gasteiger charge is 2.47. The van der Waals surface area contributed by atoms with Crippen LogP contribution >= 0.6 is 15.9 Å². The fraction of sp³-hybridized carbons (Fsp3) is 0.632. The van der Waals surface area contributed by atoms with E-state index < -0.39 is 11.4 Å². The molecule has 0 N–H and O–H groups in total. The first-order chi connectivity index (χ1) is 11.2. The molecule has 0 amide bonds. The highest BCUT2D eigenvalue weighted by Crippen LogP contribution is 2.49. The Bertz CT molecular complexity index is 645. The van der Waals surface area contributed by atoms with Crippen LogP contribution in [0.2, 0.25) is 0 Å². The van der Waals surface area contributed by atoms with E-state index in [9.17, 15) is 4.55 Å². The molecule has 2 aliphatic rings. The van der Waals surface area contributed by atoms with Gasteiger partial charge in [0.25, 0.3) is 0 Å². The summed E-state index contributed by atoms with van der Waals surface area (Å²) in [6.45, 7) is 5.95. The fourth-order valence-electron chi connectivity index (χ4n) is 3.82. The molecule has 0 saturated heterocycles. The Morgan fingerprint density at radius 1 is 1.29 bits per heavy atom. The lowest BCUT2D eigenvalue weighted by Gasteiger charge is -2.37. The molecule has 0 aromatic heterocycles. The minimum Gasteiger partial charge on any atom is -0.591 e. The standard InChI is InChI=1S/C19H26BrNO2S/c1-18(2,3)24(22)21-17-16-11-14(20)6-5-13(16)12-19(17)9-7-15(23-4)8-10-19/h5-6,11,15H,7-10,12H2,1-4H3. The molecule has 3 rings (SSSR count). The van der Waals surface area contributed by atoms with Crippen molar-refractivity contribution in [1.29, 1.82) is 0 Å². The minimum absolute atomic E-state index is 0.0269. The summed E-state index contributed by atoms with van der Waals surface area (Å²) in [5, 5.41) is 0. The van der Waals surface area contributed by atoms with Gasteiger partial charge in [0.05, 0.1) is 6.10 Å². The van der Waals surface area contributed by atoms with E-state index in [-0.39, 0.29) is 10.2 Å². The first-order valence-electron chi connectivity index (χ1n) is 8.58. The third kappa shape index (κ3) is 3.46. The Hall–Kier alpha value is -0.360. The average Bonchev–Trinajstić information content (AvgIpc) is 2.81. The third-order valence-electron chi connectivity index (χ3n) is 5.28. The lowest BCUT2D eigenvalue weighted by molar-refractivity contribution is 0.0468. The van der Waals surface area contributed by atoms with Gasteiger partial charge in [0.15, 0.2) is 0 Å². The molecule has 1 saturated carbocycles. The summed E-state index contributed by atoms with van der Waals surface area (Å²) in [4.78, 5) is 0. The molecule has 0 aliphatic heterocycles. The topological polar surface area (TPSA) is 44.6 Å². The van der Waals surface area contributed by atoms with Crippen molar-refractivity contribution in [1.82, 2.24) is 0 Å². The van der Waals surface area contributed by atoms with Gasteiger partial charge in [-0.05, 0) is 70.6 Å². The van der Waals surface area contributed by atoms with Crippen LogP contribution < -0.4 is 0 Å². The van der Waals surface area contributed by atoms with Crippen LogP contribution in [0.15, 0.2) is 27.1 Å². The average molecular weight is 412 g/mol. The zero-order chi connectivity index (χ0) is 17.5. The third-order valence-corrected chi connectivity index (χ3v) is 7.17. The van der Waals surface area contributed by atoms with Gasteiger partial charge in [-0.15, -0.1) is 0 Å². The van der Waals surface area contributed by atoms with Crippen LogP contribution in [0.5, 0.6) is 0 Å². The van der Waals surface area contributed by atoms with E-state index in [1.54, 1.807) is 7.11 Å². The molecule has 1 unspecified atom stereocenters. The highest BCUT2D eigenvalue weighted by atomic mass is 79.9. The van der Waals surface area contributed by atoms with E-state index in [1.165, 1.54) is 11.1 Å². The van der Waals surface area contributed by atoms with Crippen molar-refractivity contribution < 1.29 is 9.29 Å². The zero-order valence-corrected chi connectivity index (χ0v) is 17.3. The van der Waals surface area contributed by atoms with Crippen LogP contribution in [0, 0.1) is 5.41 Å². The number of methoxy groups -OCH3 is 1. The monoisotopic (exact) mass is 411 g/mol. The Morgan fingerprint density at radius 3 is 2.54 bits per heavy atom. The van der Waals surface area contributed by atoms with Crippen LogP contribution in [-0.4, -0.2) is 28.2 Å². The second-order valence-corrected chi connectivity index (χ2v) is 10.8. The molecule has 0 bridgehead atoms. The predicted octanol–water partition coefficient (Wildman–Crippen LogP) is 4.83. The SMILES string of the molecule is COC1CCC2(CC1)Cc1ccc(Br)cc1C2=N[S+]([O-])C(C)(C)C. The lowest BCUT2D eigenvalue weighted by Crippen LogP contribution is -2.37. The van der Waals surface area contributed by atoms with Crippen molar-refractivity contribution >= 4 is 33.0 Å². The molecule has 5 heteroatoms. The van der Waals surface area contributed by atoms with Gasteiger partial charge in [-0.2, -0.15) is 0 Å². The van der Waals surface area contributed by atoms with Crippen molar-refractivity contribution in [2.45, 2.75) is 63.7 Å². The summed E-state index contributed by atoms with van der Waals surface area (Å²) in [5.41, 5.74) is 3.59. The maximum absolute atomic E-state index is 12.7. The fourth-order valence-corrected chi connectivity index (χ4v) is 4.91. The highest BCUT2D eigenvalue weighted by molar-refractivity contribution is 9.10.